The molecule has 1 saturated carbocycles. The summed E-state index contributed by atoms with van der Waals surface area (Å²) in [4.78, 5) is 29.4. The molecule has 35 heavy (non-hydrogen) atoms. The lowest BCUT2D eigenvalue weighted by Gasteiger charge is -2.21. The molecule has 5 rings (SSSR count). The number of nitrogens with zero attached hydrogens (tertiary/aromatic N) is 2. The zero-order valence-corrected chi connectivity index (χ0v) is 20.3. The first-order chi connectivity index (χ1) is 16.9. The molecule has 9 nitrogen and oxygen atoms in total. The highest BCUT2D eigenvalue weighted by molar-refractivity contribution is 7.98. The number of carbonyl (C=O) groups is 2. The molecule has 0 bridgehead atoms. The van der Waals surface area contributed by atoms with Crippen molar-refractivity contribution >= 4 is 29.3 Å². The number of esters is 1. The summed E-state index contributed by atoms with van der Waals surface area (Å²) in [6, 6.07) is 8.52. The predicted octanol–water partition coefficient (Wildman–Crippen LogP) is 4.82. The highest BCUT2D eigenvalue weighted by Crippen LogP contribution is 2.47. The Morgan fingerprint density at radius 3 is 2.71 bits per heavy atom. The van der Waals surface area contributed by atoms with E-state index in [0.29, 0.717) is 33.5 Å². The molecule has 2 aliphatic rings. The van der Waals surface area contributed by atoms with Gasteiger partial charge in [0.1, 0.15) is 10.8 Å². The molecule has 3 heterocycles. The molecule has 0 saturated heterocycles. The number of amides is 1. The molecule has 1 aromatic carbocycles. The molecule has 0 atom stereocenters. The largest absolute Gasteiger partial charge is 0.452 e. The van der Waals surface area contributed by atoms with Crippen molar-refractivity contribution in [1.29, 1.82) is 0 Å². The number of ether oxygens (including phenoxy) is 3. The summed E-state index contributed by atoms with van der Waals surface area (Å²) in [7, 11) is 0. The van der Waals surface area contributed by atoms with Gasteiger partial charge in [-0.05, 0) is 51.0 Å². The van der Waals surface area contributed by atoms with Crippen LogP contribution in [0.5, 0.6) is 11.5 Å². The molecular formula is C25H25N3O6S. The van der Waals surface area contributed by atoms with Gasteiger partial charge in [0.25, 0.3) is 11.7 Å². The summed E-state index contributed by atoms with van der Waals surface area (Å²) in [5.74, 6) is 0.917. The average molecular weight is 496 g/mol. The Labute approximate surface area is 206 Å². The quantitative estimate of drug-likeness (QED) is 0.364. The van der Waals surface area contributed by atoms with Gasteiger partial charge in [-0.25, -0.2) is 9.78 Å². The SMILES string of the molecule is Cc1noc(C)c1CSc1ncccc1C(=O)OCC(=O)Nc1ccc2c(c1)OC1(CCCC1)O2. The summed E-state index contributed by atoms with van der Waals surface area (Å²) in [6.45, 7) is 3.28. The third-order valence-corrected chi connectivity index (χ3v) is 7.08. The van der Waals surface area contributed by atoms with Crippen LogP contribution >= 0.6 is 11.8 Å². The number of anilines is 1. The summed E-state index contributed by atoms with van der Waals surface area (Å²) >= 11 is 1.38. The fourth-order valence-corrected chi connectivity index (χ4v) is 5.34. The number of benzene rings is 1. The van der Waals surface area contributed by atoms with E-state index in [1.165, 1.54) is 11.8 Å². The van der Waals surface area contributed by atoms with Crippen LogP contribution in [-0.2, 0) is 15.3 Å². The normalized spacial score (nSPS) is 15.4. The number of nitrogens with one attached hydrogen (secondary N) is 1. The molecule has 3 aromatic rings. The lowest BCUT2D eigenvalue weighted by Crippen LogP contribution is -2.34. The van der Waals surface area contributed by atoms with Gasteiger partial charge in [-0.1, -0.05) is 5.16 Å². The van der Waals surface area contributed by atoms with Crippen molar-refractivity contribution in [2.24, 2.45) is 0 Å². The fourth-order valence-electron chi connectivity index (χ4n) is 4.20. The van der Waals surface area contributed by atoms with Crippen molar-refractivity contribution in [1.82, 2.24) is 10.1 Å². The van der Waals surface area contributed by atoms with Gasteiger partial charge in [0.2, 0.25) is 0 Å². The minimum absolute atomic E-state index is 0.294. The molecular weight excluding hydrogens is 470 g/mol. The standard InChI is InChI=1S/C25H25N3O6S/c1-15-19(16(2)34-28-15)14-35-23-18(6-5-11-26-23)24(30)31-13-22(29)27-17-7-8-20-21(12-17)33-25(32-20)9-3-4-10-25/h5-8,11-12H,3-4,9-10,13-14H2,1-2H3,(H,27,29). The third-order valence-electron chi connectivity index (χ3n) is 6.04. The molecule has 182 valence electrons. The van der Waals surface area contributed by atoms with Gasteiger partial charge in [-0.15, -0.1) is 11.8 Å². The minimum Gasteiger partial charge on any atom is -0.452 e. The van der Waals surface area contributed by atoms with Gasteiger partial charge in [-0.3, -0.25) is 4.79 Å². The lowest BCUT2D eigenvalue weighted by molar-refractivity contribution is -0.119. The first kappa shape index (κ1) is 23.2. The van der Waals surface area contributed by atoms with Crippen LogP contribution < -0.4 is 14.8 Å². The van der Waals surface area contributed by atoms with Gasteiger partial charge >= 0.3 is 5.97 Å². The number of pyridine rings is 1. The van der Waals surface area contributed by atoms with E-state index in [9.17, 15) is 9.59 Å². The topological polar surface area (TPSA) is 113 Å². The Hall–Kier alpha value is -3.53. The van der Waals surface area contributed by atoms with Crippen LogP contribution in [0.15, 0.2) is 46.1 Å². The number of fused-ring (bicyclic) bond motifs is 1. The van der Waals surface area contributed by atoms with E-state index in [0.717, 1.165) is 42.7 Å². The number of aromatic nitrogens is 2. The van der Waals surface area contributed by atoms with E-state index in [-0.39, 0.29) is 0 Å². The molecule has 1 spiro atoms. The van der Waals surface area contributed by atoms with E-state index >= 15 is 0 Å². The van der Waals surface area contributed by atoms with Gasteiger partial charge in [0.05, 0.1) is 11.3 Å². The smallest absolute Gasteiger partial charge is 0.341 e. The molecule has 10 heteroatoms. The molecule has 1 fully saturated rings. The second-order valence-corrected chi connectivity index (χ2v) is 9.52. The predicted molar refractivity (Wildman–Crippen MR) is 128 cm³/mol. The second-order valence-electron chi connectivity index (χ2n) is 8.56. The van der Waals surface area contributed by atoms with E-state index in [2.05, 4.69) is 15.5 Å². The van der Waals surface area contributed by atoms with Gasteiger partial charge < -0.3 is 24.1 Å². The van der Waals surface area contributed by atoms with Crippen molar-refractivity contribution in [3.8, 4) is 11.5 Å². The first-order valence-corrected chi connectivity index (χ1v) is 12.4. The van der Waals surface area contributed by atoms with Crippen LogP contribution in [0.3, 0.4) is 0 Å². The first-order valence-electron chi connectivity index (χ1n) is 11.4. The number of hydrogen-bond donors (Lipinski definition) is 1. The molecule has 2 aromatic heterocycles. The van der Waals surface area contributed by atoms with Crippen molar-refractivity contribution < 1.29 is 28.3 Å². The van der Waals surface area contributed by atoms with Crippen molar-refractivity contribution in [2.45, 2.75) is 56.1 Å². The van der Waals surface area contributed by atoms with E-state index < -0.39 is 24.3 Å². The Morgan fingerprint density at radius 2 is 1.94 bits per heavy atom. The maximum Gasteiger partial charge on any atom is 0.341 e. The van der Waals surface area contributed by atoms with Crippen molar-refractivity contribution in [3.63, 3.8) is 0 Å². The van der Waals surface area contributed by atoms with E-state index in [1.807, 2.05) is 13.8 Å². The fraction of sp³-hybridized carbons (Fsp3) is 0.360. The number of carbonyl (C=O) groups excluding carboxylic acids is 2. The van der Waals surface area contributed by atoms with Crippen LogP contribution in [0, 0.1) is 13.8 Å². The van der Waals surface area contributed by atoms with Gasteiger partial charge in [0, 0.05) is 42.1 Å². The summed E-state index contributed by atoms with van der Waals surface area (Å²) in [5.41, 5.74) is 2.60. The van der Waals surface area contributed by atoms with Crippen LogP contribution in [0.2, 0.25) is 0 Å². The van der Waals surface area contributed by atoms with Crippen LogP contribution in [0.4, 0.5) is 5.69 Å². The summed E-state index contributed by atoms with van der Waals surface area (Å²) in [6.07, 6.45) is 5.45. The van der Waals surface area contributed by atoms with E-state index in [4.69, 9.17) is 18.7 Å². The van der Waals surface area contributed by atoms with Crippen LogP contribution in [0.25, 0.3) is 0 Å². The zero-order chi connectivity index (χ0) is 24.4. The number of aryl methyl sites for hydroxylation is 2. The molecule has 0 radical (unpaired) electrons. The number of rotatable bonds is 7. The van der Waals surface area contributed by atoms with E-state index in [1.54, 1.807) is 36.5 Å². The maximum absolute atomic E-state index is 12.7. The average Bonchev–Trinajstić information content (AvgIpc) is 3.55. The second kappa shape index (κ2) is 9.61. The third kappa shape index (κ3) is 4.97. The Morgan fingerprint density at radius 1 is 1.14 bits per heavy atom. The Bertz CT molecular complexity index is 1250. The summed E-state index contributed by atoms with van der Waals surface area (Å²) in [5, 5.41) is 7.19. The molecule has 0 unspecified atom stereocenters. The summed E-state index contributed by atoms with van der Waals surface area (Å²) < 4.78 is 22.5. The molecule has 1 amide bonds. The number of thioether (sulfide) groups is 1. The highest BCUT2D eigenvalue weighted by atomic mass is 32.2. The zero-order valence-electron chi connectivity index (χ0n) is 19.5. The minimum atomic E-state index is -0.622. The lowest BCUT2D eigenvalue weighted by atomic mass is 10.2. The van der Waals surface area contributed by atoms with Crippen molar-refractivity contribution in [2.75, 3.05) is 11.9 Å². The van der Waals surface area contributed by atoms with Gasteiger partial charge in [-0.2, -0.15) is 0 Å². The molecule has 1 aliphatic heterocycles. The van der Waals surface area contributed by atoms with Crippen molar-refractivity contribution in [3.05, 3.63) is 59.1 Å². The molecule has 1 N–H and O–H groups in total. The van der Waals surface area contributed by atoms with Gasteiger partial charge in [0.15, 0.2) is 18.1 Å². The van der Waals surface area contributed by atoms with Crippen LogP contribution in [0.1, 0.15) is 53.1 Å². The van der Waals surface area contributed by atoms with Crippen LogP contribution in [-0.4, -0.2) is 34.4 Å². The highest BCUT2D eigenvalue weighted by Gasteiger charge is 2.44. The monoisotopic (exact) mass is 495 g/mol. The Balaban J connectivity index is 1.17. The Kier molecular flexibility index (Phi) is 6.38. The maximum atomic E-state index is 12.7. The number of hydrogen-bond acceptors (Lipinski definition) is 9. The molecule has 1 aliphatic carbocycles.